The predicted octanol–water partition coefficient (Wildman–Crippen LogP) is 0.685. The van der Waals surface area contributed by atoms with E-state index in [0.717, 1.165) is 0 Å². The minimum absolute atomic E-state index is 0.129. The molecule has 1 saturated heterocycles. The zero-order chi connectivity index (χ0) is 14.2. The van der Waals surface area contributed by atoms with E-state index in [2.05, 4.69) is 4.98 Å². The highest BCUT2D eigenvalue weighted by Gasteiger charge is 2.33. The Labute approximate surface area is 116 Å². The van der Waals surface area contributed by atoms with Crippen LogP contribution in [0.15, 0.2) is 12.1 Å². The maximum Gasteiger partial charge on any atom is 0.227 e. The van der Waals surface area contributed by atoms with Gasteiger partial charge in [-0.15, -0.1) is 0 Å². The Hall–Kier alpha value is -1.18. The number of rotatable bonds is 3. The third-order valence-corrected chi connectivity index (χ3v) is 4.02. The van der Waals surface area contributed by atoms with Crippen molar-refractivity contribution in [1.29, 1.82) is 0 Å². The van der Waals surface area contributed by atoms with Gasteiger partial charge in [-0.05, 0) is 19.1 Å². The van der Waals surface area contributed by atoms with Crippen LogP contribution < -0.4 is 10.0 Å². The van der Waals surface area contributed by atoms with E-state index in [9.17, 15) is 13.2 Å². The molecule has 0 aliphatic carbocycles. The van der Waals surface area contributed by atoms with Crippen LogP contribution in [-0.4, -0.2) is 31.6 Å². The fraction of sp³-hybridized carbons (Fsp3) is 0.455. The summed E-state index contributed by atoms with van der Waals surface area (Å²) in [7, 11) is -3.57. The SMILES string of the molecule is Cc1cc(N2CC(CS(N)(=O)=O)CC2=O)cc(Cl)n1. The molecule has 2 N–H and O–H groups in total. The van der Waals surface area contributed by atoms with Crippen molar-refractivity contribution in [1.82, 2.24) is 4.98 Å². The van der Waals surface area contributed by atoms with Gasteiger partial charge in [0.2, 0.25) is 15.9 Å². The number of aromatic nitrogens is 1. The first-order chi connectivity index (χ1) is 8.74. The standard InChI is InChI=1S/C11H14ClN3O3S/c1-7-2-9(4-10(12)14-7)15-5-8(3-11(15)16)6-19(13,17)18/h2,4,8H,3,5-6H2,1H3,(H2,13,17,18). The summed E-state index contributed by atoms with van der Waals surface area (Å²) in [6.45, 7) is 2.10. The number of halogens is 1. The maximum atomic E-state index is 11.9. The molecule has 0 saturated carbocycles. The molecule has 1 fully saturated rings. The number of carbonyl (C=O) groups excluding carboxylic acids is 1. The van der Waals surface area contributed by atoms with Gasteiger partial charge in [-0.3, -0.25) is 4.79 Å². The fourth-order valence-electron chi connectivity index (χ4n) is 2.24. The largest absolute Gasteiger partial charge is 0.312 e. The van der Waals surface area contributed by atoms with Crippen molar-refractivity contribution < 1.29 is 13.2 Å². The summed E-state index contributed by atoms with van der Waals surface area (Å²) in [6.07, 6.45) is 0.176. The summed E-state index contributed by atoms with van der Waals surface area (Å²) >= 11 is 5.85. The van der Waals surface area contributed by atoms with E-state index < -0.39 is 10.0 Å². The van der Waals surface area contributed by atoms with Gasteiger partial charge < -0.3 is 4.90 Å². The Bertz CT molecular complexity index is 597. The molecule has 19 heavy (non-hydrogen) atoms. The topological polar surface area (TPSA) is 93.4 Å². The van der Waals surface area contributed by atoms with Gasteiger partial charge in [0.15, 0.2) is 0 Å². The third-order valence-electron chi connectivity index (χ3n) is 2.89. The van der Waals surface area contributed by atoms with E-state index >= 15 is 0 Å². The molecule has 2 heterocycles. The average molecular weight is 304 g/mol. The van der Waals surface area contributed by atoms with Crippen molar-refractivity contribution in [2.75, 3.05) is 17.2 Å². The molecule has 0 bridgehead atoms. The Morgan fingerprint density at radius 3 is 2.79 bits per heavy atom. The molecule has 8 heteroatoms. The van der Waals surface area contributed by atoms with Crippen molar-refractivity contribution in [2.45, 2.75) is 13.3 Å². The Morgan fingerprint density at radius 2 is 2.21 bits per heavy atom. The second-order valence-electron chi connectivity index (χ2n) is 4.69. The number of pyridine rings is 1. The molecule has 6 nitrogen and oxygen atoms in total. The third kappa shape index (κ3) is 3.65. The first-order valence-corrected chi connectivity index (χ1v) is 7.79. The number of anilines is 1. The molecule has 2 rings (SSSR count). The number of amides is 1. The minimum Gasteiger partial charge on any atom is -0.312 e. The molecule has 1 aliphatic rings. The summed E-state index contributed by atoms with van der Waals surface area (Å²) < 4.78 is 22.1. The van der Waals surface area contributed by atoms with Crippen LogP contribution in [0.5, 0.6) is 0 Å². The molecule has 0 aromatic carbocycles. The van der Waals surface area contributed by atoms with Gasteiger partial charge in [-0.2, -0.15) is 0 Å². The predicted molar refractivity (Wildman–Crippen MR) is 72.4 cm³/mol. The van der Waals surface area contributed by atoms with Gasteiger partial charge in [0.05, 0.1) is 5.75 Å². The molecular formula is C11H14ClN3O3S. The van der Waals surface area contributed by atoms with Crippen LogP contribution in [0.3, 0.4) is 0 Å². The number of hydrogen-bond donors (Lipinski definition) is 1. The minimum atomic E-state index is -3.57. The summed E-state index contributed by atoms with van der Waals surface area (Å²) in [5.74, 6) is -0.599. The van der Waals surface area contributed by atoms with E-state index in [4.69, 9.17) is 16.7 Å². The molecule has 1 amide bonds. The van der Waals surface area contributed by atoms with Crippen molar-refractivity contribution >= 4 is 33.2 Å². The van der Waals surface area contributed by atoms with Crippen molar-refractivity contribution in [3.8, 4) is 0 Å². The van der Waals surface area contributed by atoms with E-state index in [1.807, 2.05) is 0 Å². The van der Waals surface area contributed by atoms with Gasteiger partial charge in [0.1, 0.15) is 5.15 Å². The van der Waals surface area contributed by atoms with Crippen LogP contribution in [0.1, 0.15) is 12.1 Å². The lowest BCUT2D eigenvalue weighted by atomic mass is 10.1. The first-order valence-electron chi connectivity index (χ1n) is 5.69. The average Bonchev–Trinajstić information content (AvgIpc) is 2.54. The second-order valence-corrected chi connectivity index (χ2v) is 6.74. The first kappa shape index (κ1) is 14.2. The number of primary sulfonamides is 1. The van der Waals surface area contributed by atoms with Crippen LogP contribution in [-0.2, 0) is 14.8 Å². The van der Waals surface area contributed by atoms with Crippen LogP contribution in [0.4, 0.5) is 5.69 Å². The zero-order valence-electron chi connectivity index (χ0n) is 10.3. The van der Waals surface area contributed by atoms with Gasteiger partial charge in [0.25, 0.3) is 0 Å². The molecule has 104 valence electrons. The molecule has 1 aromatic rings. The quantitative estimate of drug-likeness (QED) is 0.831. The van der Waals surface area contributed by atoms with E-state index in [1.165, 1.54) is 4.90 Å². The number of nitrogens with two attached hydrogens (primary N) is 1. The van der Waals surface area contributed by atoms with Crippen LogP contribution in [0.2, 0.25) is 5.15 Å². The number of hydrogen-bond acceptors (Lipinski definition) is 4. The highest BCUT2D eigenvalue weighted by Crippen LogP contribution is 2.27. The van der Waals surface area contributed by atoms with Crippen molar-refractivity contribution in [3.05, 3.63) is 23.0 Å². The molecule has 1 unspecified atom stereocenters. The maximum absolute atomic E-state index is 11.9. The number of aryl methyl sites for hydroxylation is 1. The van der Waals surface area contributed by atoms with Crippen molar-refractivity contribution in [2.24, 2.45) is 11.1 Å². The smallest absolute Gasteiger partial charge is 0.227 e. The molecule has 1 atom stereocenters. The number of nitrogens with zero attached hydrogens (tertiary/aromatic N) is 2. The fourth-order valence-corrected chi connectivity index (χ4v) is 3.36. The highest BCUT2D eigenvalue weighted by molar-refractivity contribution is 7.89. The van der Waals surface area contributed by atoms with Crippen LogP contribution in [0, 0.1) is 12.8 Å². The lowest BCUT2D eigenvalue weighted by Gasteiger charge is -2.17. The van der Waals surface area contributed by atoms with Crippen LogP contribution in [0.25, 0.3) is 0 Å². The highest BCUT2D eigenvalue weighted by atomic mass is 35.5. The monoisotopic (exact) mass is 303 g/mol. The van der Waals surface area contributed by atoms with Gasteiger partial charge in [-0.25, -0.2) is 18.5 Å². The van der Waals surface area contributed by atoms with Gasteiger partial charge >= 0.3 is 0 Å². The number of carbonyl (C=O) groups is 1. The van der Waals surface area contributed by atoms with Gasteiger partial charge in [0, 0.05) is 30.3 Å². The Morgan fingerprint density at radius 1 is 1.53 bits per heavy atom. The molecule has 1 aromatic heterocycles. The normalized spacial score (nSPS) is 20.1. The van der Waals surface area contributed by atoms with Gasteiger partial charge in [-0.1, -0.05) is 11.6 Å². The summed E-state index contributed by atoms with van der Waals surface area (Å²) in [4.78, 5) is 17.5. The van der Waals surface area contributed by atoms with Crippen molar-refractivity contribution in [3.63, 3.8) is 0 Å². The van der Waals surface area contributed by atoms with Crippen LogP contribution >= 0.6 is 11.6 Å². The lowest BCUT2D eigenvalue weighted by molar-refractivity contribution is -0.117. The summed E-state index contributed by atoms with van der Waals surface area (Å²) in [6, 6.07) is 3.33. The lowest BCUT2D eigenvalue weighted by Crippen LogP contribution is -2.27. The summed E-state index contributed by atoms with van der Waals surface area (Å²) in [5.41, 5.74) is 1.34. The molecule has 1 aliphatic heterocycles. The molecular weight excluding hydrogens is 290 g/mol. The summed E-state index contributed by atoms with van der Waals surface area (Å²) in [5, 5.41) is 5.31. The van der Waals surface area contributed by atoms with E-state index in [0.29, 0.717) is 23.1 Å². The molecule has 0 radical (unpaired) electrons. The number of sulfonamides is 1. The Balaban J connectivity index is 2.20. The van der Waals surface area contributed by atoms with E-state index in [-0.39, 0.29) is 24.0 Å². The zero-order valence-corrected chi connectivity index (χ0v) is 11.9. The Kier molecular flexibility index (Phi) is 3.80. The molecule has 0 spiro atoms. The van der Waals surface area contributed by atoms with E-state index in [1.54, 1.807) is 19.1 Å². The second kappa shape index (κ2) is 5.07.